The van der Waals surface area contributed by atoms with Gasteiger partial charge < -0.3 is 91.7 Å². The highest BCUT2D eigenvalue weighted by Gasteiger charge is 2.36. The normalized spacial score (nSPS) is 14.3. The first-order chi connectivity index (χ1) is 43.7. The molecule has 3 aromatic rings. The molecule has 0 saturated heterocycles. The largest absolute Gasteiger partial charge is 0.508 e. The second-order valence-corrected chi connectivity index (χ2v) is 25.7. The third-order valence-electron chi connectivity index (χ3n) is 14.7. The highest BCUT2D eigenvalue weighted by atomic mass is 16.4. The Labute approximate surface area is 544 Å². The van der Waals surface area contributed by atoms with E-state index in [4.69, 9.17) is 28.7 Å². The van der Waals surface area contributed by atoms with Crippen molar-refractivity contribution < 1.29 is 58.2 Å². The number of phenolic OH excluding ortho intramolecular Hbond substituents is 1. The van der Waals surface area contributed by atoms with E-state index in [1.54, 1.807) is 6.20 Å². The summed E-state index contributed by atoms with van der Waals surface area (Å²) in [6, 6.07) is 1.91. The van der Waals surface area contributed by atoms with E-state index < -0.39 is 120 Å². The van der Waals surface area contributed by atoms with Crippen LogP contribution in [-0.4, -0.2) is 160 Å². The molecule has 3 rings (SSSR count). The third-order valence-corrected chi connectivity index (χ3v) is 14.7. The van der Waals surface area contributed by atoms with E-state index in [0.29, 0.717) is 17.5 Å². The lowest BCUT2D eigenvalue weighted by molar-refractivity contribution is -0.141. The number of benzene rings is 2. The lowest BCUT2D eigenvalue weighted by atomic mass is 9.98. The Balaban J connectivity index is 1.92. The standard InChI is InChI=1S/C64H103N17O12/c1-34(2)25-46(55(85)73-33-53(83)74-52(62(92)93)30-39-19-21-41(82)22-20-39)77-59(89)50(29-38(9)10)79-60(90)49(28-37(7)8)78-56(86)45(18-14-24-71-64(68)69)75-57(87)48(27-36(5)6)80-61(91)51(31-40-32-72-44-17-12-11-15-42(40)44)81-58(88)47(26-35(3)4)76-54(84)43(65)16-13-23-70-63(66)67/h11-12,15,17,19-22,32,34-38,43,45-52,72,82H,13-14,16,18,23-31,33,65H2,1-10H3,(H,73,85)(H,74,83)(H,75,87)(H,76,84)(H,77,89)(H,78,86)(H,79,90)(H,80,91)(H,81,88)(H,92,93)(H4,66,67,70)(H4,68,69,71)/t43-,45-,46-,47-,48-,49-,50-,51-,52-/m0/s1. The van der Waals surface area contributed by atoms with Gasteiger partial charge in [-0.15, -0.1) is 0 Å². The van der Waals surface area contributed by atoms with E-state index in [-0.39, 0.29) is 125 Å². The van der Waals surface area contributed by atoms with Crippen molar-refractivity contribution in [2.45, 2.75) is 194 Å². The zero-order valence-electron chi connectivity index (χ0n) is 55.4. The van der Waals surface area contributed by atoms with Crippen LogP contribution < -0.4 is 76.5 Å². The van der Waals surface area contributed by atoms with E-state index in [2.05, 4.69) is 62.8 Å². The maximum atomic E-state index is 14.8. The second-order valence-electron chi connectivity index (χ2n) is 25.7. The number of phenols is 1. The minimum Gasteiger partial charge on any atom is -0.508 e. The van der Waals surface area contributed by atoms with Crippen molar-refractivity contribution in [3.8, 4) is 5.75 Å². The zero-order valence-corrected chi connectivity index (χ0v) is 55.4. The fourth-order valence-corrected chi connectivity index (χ4v) is 10.2. The Morgan fingerprint density at radius 1 is 0.462 bits per heavy atom. The van der Waals surface area contributed by atoms with Crippen molar-refractivity contribution in [1.29, 1.82) is 0 Å². The number of carboxylic acid groups (broad SMARTS) is 1. The van der Waals surface area contributed by atoms with Crippen LogP contribution in [0, 0.1) is 29.6 Å². The zero-order chi connectivity index (χ0) is 69.6. The minimum absolute atomic E-state index is 0.0231. The molecule has 0 aliphatic heterocycles. The number of aromatic nitrogens is 1. The Hall–Kier alpha value is -9.02. The molecule has 2 aromatic carbocycles. The number of aromatic amines is 1. The first kappa shape index (κ1) is 78.2. The molecule has 93 heavy (non-hydrogen) atoms. The Morgan fingerprint density at radius 3 is 1.29 bits per heavy atom. The molecule has 1 heterocycles. The molecular formula is C64H103N17O12. The van der Waals surface area contributed by atoms with Crippen LogP contribution in [0.2, 0.25) is 0 Å². The quantitative estimate of drug-likeness (QED) is 0.0208. The van der Waals surface area contributed by atoms with Crippen molar-refractivity contribution in [3.05, 3.63) is 65.9 Å². The highest BCUT2D eigenvalue weighted by molar-refractivity contribution is 5.99. The Kier molecular flexibility index (Phi) is 33.1. The molecule has 0 fully saturated rings. The number of nitrogens with two attached hydrogens (primary N) is 5. The van der Waals surface area contributed by atoms with Crippen LogP contribution in [-0.2, 0) is 60.8 Å². The third kappa shape index (κ3) is 29.4. The van der Waals surface area contributed by atoms with Gasteiger partial charge in [-0.05, 0) is 117 Å². The van der Waals surface area contributed by atoms with Crippen LogP contribution in [0.4, 0.5) is 0 Å². The Bertz CT molecular complexity index is 3010. The SMILES string of the molecule is CC(C)C[C@H](NC(=O)[C@H](CC(C)C)NC(=O)[C@H](CC(C)C)NC(=O)[C@H](CCCN=C(N)N)NC(=O)[C@H](CC(C)C)NC(=O)[C@H](Cc1c[nH]c2ccccc12)NC(=O)[C@H](CC(C)C)NC(=O)[C@@H](N)CCCN=C(N)N)C(=O)NCC(=O)N[C@@H](Cc1ccc(O)cc1)C(=O)O. The van der Waals surface area contributed by atoms with Gasteiger partial charge in [0.25, 0.3) is 0 Å². The van der Waals surface area contributed by atoms with E-state index in [9.17, 15) is 58.2 Å². The van der Waals surface area contributed by atoms with Gasteiger partial charge in [-0.3, -0.25) is 53.1 Å². The van der Waals surface area contributed by atoms with Gasteiger partial charge in [-0.1, -0.05) is 99.6 Å². The molecule has 0 saturated carbocycles. The summed E-state index contributed by atoms with van der Waals surface area (Å²) in [6.45, 7) is 17.9. The Morgan fingerprint density at radius 2 is 0.849 bits per heavy atom. The van der Waals surface area contributed by atoms with Crippen LogP contribution in [0.1, 0.15) is 138 Å². The number of amides is 9. The monoisotopic (exact) mass is 1300 g/mol. The topological polar surface area (TPSA) is 490 Å². The van der Waals surface area contributed by atoms with Crippen molar-refractivity contribution in [3.63, 3.8) is 0 Å². The molecule has 9 atom stereocenters. The number of para-hydroxylation sites is 1. The summed E-state index contributed by atoms with van der Waals surface area (Å²) in [5.74, 6) is -9.22. The number of aliphatic imine (C=N–C) groups is 2. The number of nitrogens with zero attached hydrogens (tertiary/aromatic N) is 2. The number of H-pyrrole nitrogens is 1. The number of guanidine groups is 2. The molecule has 29 nitrogen and oxygen atoms in total. The molecule has 29 heteroatoms. The summed E-state index contributed by atoms with van der Waals surface area (Å²) in [7, 11) is 0. The van der Waals surface area contributed by atoms with E-state index in [0.717, 1.165) is 10.9 Å². The van der Waals surface area contributed by atoms with Crippen LogP contribution in [0.5, 0.6) is 5.75 Å². The van der Waals surface area contributed by atoms with Gasteiger partial charge in [-0.2, -0.15) is 0 Å². The number of aromatic hydroxyl groups is 1. The van der Waals surface area contributed by atoms with Crippen LogP contribution in [0.15, 0.2) is 64.7 Å². The molecule has 0 spiro atoms. The van der Waals surface area contributed by atoms with Gasteiger partial charge in [0.2, 0.25) is 53.2 Å². The summed E-state index contributed by atoms with van der Waals surface area (Å²) in [6.07, 6.45) is 2.72. The predicted molar refractivity (Wildman–Crippen MR) is 355 cm³/mol. The lowest BCUT2D eigenvalue weighted by Crippen LogP contribution is -2.61. The molecule has 1 aromatic heterocycles. The fraction of sp³-hybridized carbons (Fsp3) is 0.594. The summed E-state index contributed by atoms with van der Waals surface area (Å²) >= 11 is 0. The number of hydrogen-bond donors (Lipinski definition) is 17. The average molecular weight is 1300 g/mol. The molecule has 516 valence electrons. The molecular weight excluding hydrogens is 1200 g/mol. The summed E-state index contributed by atoms with van der Waals surface area (Å²) < 4.78 is 0. The number of hydrogen-bond acceptors (Lipinski definition) is 14. The number of nitrogens with one attached hydrogen (secondary N) is 10. The number of carboxylic acids is 1. The van der Waals surface area contributed by atoms with Crippen molar-refractivity contribution in [2.24, 2.45) is 68.2 Å². The first-order valence-corrected chi connectivity index (χ1v) is 31.8. The molecule has 0 bridgehead atoms. The summed E-state index contributed by atoms with van der Waals surface area (Å²) in [5, 5.41) is 44.6. The van der Waals surface area contributed by atoms with Gasteiger partial charge in [0.05, 0.1) is 12.6 Å². The fourth-order valence-electron chi connectivity index (χ4n) is 10.2. The smallest absolute Gasteiger partial charge is 0.326 e. The molecule has 0 radical (unpaired) electrons. The van der Waals surface area contributed by atoms with E-state index >= 15 is 0 Å². The van der Waals surface area contributed by atoms with E-state index in [1.165, 1.54) is 24.3 Å². The summed E-state index contributed by atoms with van der Waals surface area (Å²) in [4.78, 5) is 151. The number of aliphatic carboxylic acids is 1. The van der Waals surface area contributed by atoms with E-state index in [1.807, 2.05) is 93.5 Å². The number of carbonyl (C=O) groups excluding carboxylic acids is 9. The minimum atomic E-state index is -1.37. The molecule has 22 N–H and O–H groups in total. The van der Waals surface area contributed by atoms with Gasteiger partial charge in [-0.25, -0.2) is 4.79 Å². The maximum absolute atomic E-state index is 14.8. The van der Waals surface area contributed by atoms with Crippen LogP contribution in [0.3, 0.4) is 0 Å². The van der Waals surface area contributed by atoms with Crippen LogP contribution in [0.25, 0.3) is 10.9 Å². The van der Waals surface area contributed by atoms with Gasteiger partial charge in [0.1, 0.15) is 54.1 Å². The van der Waals surface area contributed by atoms with Gasteiger partial charge in [0.15, 0.2) is 11.9 Å². The highest BCUT2D eigenvalue weighted by Crippen LogP contribution is 2.21. The number of fused-ring (bicyclic) bond motifs is 1. The average Bonchev–Trinajstić information content (AvgIpc) is 1.95. The van der Waals surface area contributed by atoms with Crippen LogP contribution >= 0.6 is 0 Å². The van der Waals surface area contributed by atoms with Crippen molar-refractivity contribution >= 4 is 82.0 Å². The predicted octanol–water partition coefficient (Wildman–Crippen LogP) is 0.403. The lowest BCUT2D eigenvalue weighted by Gasteiger charge is -2.29. The maximum Gasteiger partial charge on any atom is 0.326 e. The number of rotatable bonds is 41. The molecule has 0 aliphatic rings. The molecule has 9 amide bonds. The second kappa shape index (κ2) is 39.4. The van der Waals surface area contributed by atoms with Gasteiger partial charge in [0, 0.05) is 43.0 Å². The van der Waals surface area contributed by atoms with Crippen molar-refractivity contribution in [2.75, 3.05) is 19.6 Å². The van der Waals surface area contributed by atoms with Crippen molar-refractivity contribution in [1.82, 2.24) is 52.8 Å². The molecule has 0 aliphatic carbocycles. The molecule has 0 unspecified atom stereocenters. The number of carbonyl (C=O) groups is 10. The summed E-state index contributed by atoms with van der Waals surface area (Å²) in [5.41, 5.74) is 30.3. The first-order valence-electron chi connectivity index (χ1n) is 31.8. The van der Waals surface area contributed by atoms with Gasteiger partial charge >= 0.3 is 5.97 Å².